The minimum atomic E-state index is 0.0184. The summed E-state index contributed by atoms with van der Waals surface area (Å²) in [5.74, 6) is 1.71. The van der Waals surface area contributed by atoms with E-state index in [-0.39, 0.29) is 12.0 Å². The van der Waals surface area contributed by atoms with E-state index >= 15 is 0 Å². The summed E-state index contributed by atoms with van der Waals surface area (Å²) in [4.78, 5) is 10.9. The first-order valence-corrected chi connectivity index (χ1v) is 11.7. The van der Waals surface area contributed by atoms with Crippen molar-refractivity contribution >= 4 is 11.8 Å². The van der Waals surface area contributed by atoms with Crippen molar-refractivity contribution in [1.29, 1.82) is 0 Å². The summed E-state index contributed by atoms with van der Waals surface area (Å²) in [6, 6.07) is 14.4. The van der Waals surface area contributed by atoms with E-state index in [0.29, 0.717) is 6.61 Å². The molecule has 0 aromatic heterocycles. The Balaban J connectivity index is 1.15. The number of ether oxygens (including phenoxy) is 2. The largest absolute Gasteiger partial charge is 0.496 e. The Kier molecular flexibility index (Phi) is 6.38. The molecule has 1 saturated heterocycles. The van der Waals surface area contributed by atoms with E-state index in [0.717, 1.165) is 67.6 Å². The lowest BCUT2D eigenvalue weighted by Crippen LogP contribution is -2.50. The number of piperazine rings is 1. The van der Waals surface area contributed by atoms with Gasteiger partial charge in [-0.1, -0.05) is 47.1 Å². The van der Waals surface area contributed by atoms with Crippen LogP contribution >= 0.6 is 0 Å². The number of methoxy groups -OCH3 is 1. The zero-order valence-corrected chi connectivity index (χ0v) is 19.5. The summed E-state index contributed by atoms with van der Waals surface area (Å²) < 4.78 is 11.5. The number of benzene rings is 2. The second-order valence-corrected chi connectivity index (χ2v) is 9.18. The van der Waals surface area contributed by atoms with Gasteiger partial charge in [-0.3, -0.25) is 9.80 Å². The van der Waals surface area contributed by atoms with Crippen LogP contribution in [0.4, 0.5) is 0 Å². The van der Waals surface area contributed by atoms with Crippen molar-refractivity contribution in [2.45, 2.75) is 13.0 Å². The fourth-order valence-electron chi connectivity index (χ4n) is 4.95. The summed E-state index contributed by atoms with van der Waals surface area (Å²) >= 11 is 0. The van der Waals surface area contributed by atoms with Crippen molar-refractivity contribution in [2.75, 3.05) is 53.0 Å². The molecule has 33 heavy (non-hydrogen) atoms. The first kappa shape index (κ1) is 22.0. The van der Waals surface area contributed by atoms with Gasteiger partial charge in [0, 0.05) is 44.8 Å². The van der Waals surface area contributed by atoms with Crippen LogP contribution in [-0.2, 0) is 4.84 Å². The summed E-state index contributed by atoms with van der Waals surface area (Å²) in [5, 5.41) is 4.46. The molecule has 0 bridgehead atoms. The lowest BCUT2D eigenvalue weighted by molar-refractivity contribution is 0.0101. The van der Waals surface area contributed by atoms with Gasteiger partial charge < -0.3 is 14.3 Å². The molecule has 5 rings (SSSR count). The number of oxime groups is 1. The average molecular weight is 447 g/mol. The Bertz CT molecular complexity index is 1040. The predicted octanol–water partition coefficient (Wildman–Crippen LogP) is 3.71. The van der Waals surface area contributed by atoms with Crippen LogP contribution in [-0.4, -0.2) is 74.6 Å². The van der Waals surface area contributed by atoms with Crippen molar-refractivity contribution in [1.82, 2.24) is 9.80 Å². The van der Waals surface area contributed by atoms with Gasteiger partial charge in [0.05, 0.1) is 13.0 Å². The molecule has 3 aliphatic rings. The molecule has 2 unspecified atom stereocenters. The number of hydrogen-bond acceptors (Lipinski definition) is 6. The maximum atomic E-state index is 6.06. The van der Waals surface area contributed by atoms with Crippen LogP contribution in [0.3, 0.4) is 0 Å². The fourth-order valence-corrected chi connectivity index (χ4v) is 4.95. The van der Waals surface area contributed by atoms with E-state index in [1.54, 1.807) is 7.11 Å². The number of hydrogen-bond donors (Lipinski definition) is 0. The Morgan fingerprint density at radius 2 is 1.91 bits per heavy atom. The first-order valence-electron chi connectivity index (χ1n) is 11.7. The average Bonchev–Trinajstić information content (AvgIpc) is 3.23. The molecule has 1 radical (unpaired) electrons. The van der Waals surface area contributed by atoms with Crippen molar-refractivity contribution in [3.63, 3.8) is 0 Å². The van der Waals surface area contributed by atoms with Gasteiger partial charge in [-0.25, -0.2) is 0 Å². The van der Waals surface area contributed by atoms with Crippen LogP contribution in [0.25, 0.3) is 6.08 Å². The molecule has 0 N–H and O–H groups in total. The summed E-state index contributed by atoms with van der Waals surface area (Å²) in [5.41, 5.74) is 5.41. The Hall–Kier alpha value is -2.83. The van der Waals surface area contributed by atoms with Crippen molar-refractivity contribution < 1.29 is 14.3 Å². The standard InChI is InChI=1S/C27H32N3O3/c1-19(13-21-7-5-4-6-8-21)16-29-9-11-30(12-10-29)17-26-23-18-32-25-14-20(2)24(31-3)15-22(25)27(23)28-33-26/h4-8,13-15,23,26H,2,9-12,16-18H2,1,3H3/b19-13+. The molecule has 6 heteroatoms. The lowest BCUT2D eigenvalue weighted by Gasteiger charge is -2.36. The van der Waals surface area contributed by atoms with E-state index in [1.807, 2.05) is 12.1 Å². The molecule has 2 atom stereocenters. The maximum Gasteiger partial charge on any atom is 0.151 e. The van der Waals surface area contributed by atoms with Gasteiger partial charge in [0.1, 0.15) is 23.8 Å². The topological polar surface area (TPSA) is 46.5 Å². The molecule has 2 aromatic rings. The van der Waals surface area contributed by atoms with Gasteiger partial charge in [0.25, 0.3) is 0 Å². The molecule has 0 spiro atoms. The Labute approximate surface area is 196 Å². The summed E-state index contributed by atoms with van der Waals surface area (Å²) in [6.45, 7) is 12.9. The number of nitrogens with zero attached hydrogens (tertiary/aromatic N) is 3. The van der Waals surface area contributed by atoms with Crippen molar-refractivity contribution in [3.05, 3.63) is 71.7 Å². The highest BCUT2D eigenvalue weighted by Crippen LogP contribution is 2.37. The SMILES string of the molecule is [CH2]c1cc2c(cc1OC)C1=NOC(CN3CCN(C/C(C)=C/c4ccccc4)CC3)C1CO2. The van der Waals surface area contributed by atoms with Gasteiger partial charge in [0.2, 0.25) is 0 Å². The maximum absolute atomic E-state index is 6.06. The molecule has 0 saturated carbocycles. The molecule has 173 valence electrons. The minimum Gasteiger partial charge on any atom is -0.496 e. The van der Waals surface area contributed by atoms with Crippen LogP contribution in [0.1, 0.15) is 23.6 Å². The van der Waals surface area contributed by atoms with E-state index in [9.17, 15) is 0 Å². The normalized spacial score (nSPS) is 23.2. The zero-order valence-electron chi connectivity index (χ0n) is 19.5. The van der Waals surface area contributed by atoms with Gasteiger partial charge >= 0.3 is 0 Å². The highest BCUT2D eigenvalue weighted by Gasteiger charge is 2.41. The summed E-state index contributed by atoms with van der Waals surface area (Å²) in [7, 11) is 1.66. The third-order valence-corrected chi connectivity index (χ3v) is 6.75. The molecule has 3 heterocycles. The van der Waals surface area contributed by atoms with E-state index in [2.05, 4.69) is 65.2 Å². The van der Waals surface area contributed by atoms with Crippen LogP contribution in [0.15, 0.2) is 53.2 Å². The van der Waals surface area contributed by atoms with Crippen LogP contribution in [0, 0.1) is 12.8 Å². The lowest BCUT2D eigenvalue weighted by atomic mass is 9.89. The summed E-state index contributed by atoms with van der Waals surface area (Å²) in [6.07, 6.45) is 2.30. The molecular formula is C27H32N3O3. The molecule has 1 fully saturated rings. The predicted molar refractivity (Wildman–Crippen MR) is 131 cm³/mol. The molecule has 6 nitrogen and oxygen atoms in total. The minimum absolute atomic E-state index is 0.0184. The van der Waals surface area contributed by atoms with Crippen molar-refractivity contribution in [2.24, 2.45) is 11.1 Å². The third-order valence-electron chi connectivity index (χ3n) is 6.75. The fraction of sp³-hybridized carbons (Fsp3) is 0.407. The monoisotopic (exact) mass is 446 g/mol. The van der Waals surface area contributed by atoms with Crippen LogP contribution < -0.4 is 9.47 Å². The van der Waals surface area contributed by atoms with Gasteiger partial charge in [0.15, 0.2) is 6.10 Å². The highest BCUT2D eigenvalue weighted by molar-refractivity contribution is 6.06. The van der Waals surface area contributed by atoms with E-state index in [4.69, 9.17) is 14.3 Å². The second-order valence-electron chi connectivity index (χ2n) is 9.18. The Morgan fingerprint density at radius 1 is 1.15 bits per heavy atom. The van der Waals surface area contributed by atoms with E-state index < -0.39 is 0 Å². The zero-order chi connectivity index (χ0) is 22.8. The van der Waals surface area contributed by atoms with Crippen LogP contribution in [0.2, 0.25) is 0 Å². The van der Waals surface area contributed by atoms with Gasteiger partial charge in [-0.15, -0.1) is 0 Å². The Morgan fingerprint density at radius 3 is 2.67 bits per heavy atom. The second kappa shape index (κ2) is 9.57. The highest BCUT2D eigenvalue weighted by atomic mass is 16.6. The molecule has 0 amide bonds. The molecule has 3 aliphatic heterocycles. The van der Waals surface area contributed by atoms with E-state index in [1.165, 1.54) is 11.1 Å². The number of fused-ring (bicyclic) bond motifs is 3. The smallest absolute Gasteiger partial charge is 0.151 e. The van der Waals surface area contributed by atoms with Gasteiger partial charge in [-0.2, -0.15) is 0 Å². The van der Waals surface area contributed by atoms with Crippen molar-refractivity contribution in [3.8, 4) is 11.5 Å². The third kappa shape index (κ3) is 4.77. The van der Waals surface area contributed by atoms with Crippen LogP contribution in [0.5, 0.6) is 11.5 Å². The first-order chi connectivity index (χ1) is 16.1. The van der Waals surface area contributed by atoms with Gasteiger partial charge in [-0.05, 0) is 37.1 Å². The number of rotatable bonds is 6. The molecule has 2 aromatic carbocycles. The molecule has 0 aliphatic carbocycles. The quantitative estimate of drug-likeness (QED) is 0.677. The molecular weight excluding hydrogens is 414 g/mol.